The highest BCUT2D eigenvalue weighted by atomic mass is 79.9. The Morgan fingerprint density at radius 1 is 1.15 bits per heavy atom. The lowest BCUT2D eigenvalue weighted by Gasteiger charge is -2.18. The molecule has 2 aromatic carbocycles. The molecule has 5 nitrogen and oxygen atoms in total. The van der Waals surface area contributed by atoms with Crippen LogP contribution in [-0.2, 0) is 16.6 Å². The molecule has 0 bridgehead atoms. The van der Waals surface area contributed by atoms with Crippen LogP contribution in [0.2, 0.25) is 0 Å². The number of hydrogen-bond acceptors (Lipinski definition) is 3. The van der Waals surface area contributed by atoms with Gasteiger partial charge in [0.05, 0.1) is 4.90 Å². The zero-order valence-corrected chi connectivity index (χ0v) is 16.9. The first kappa shape index (κ1) is 20.5. The minimum atomic E-state index is -3.65. The molecule has 0 fully saturated rings. The Labute approximate surface area is 161 Å². The summed E-state index contributed by atoms with van der Waals surface area (Å²) < 4.78 is 40.9. The first-order valence-electron chi connectivity index (χ1n) is 8.12. The van der Waals surface area contributed by atoms with Crippen LogP contribution in [0.15, 0.2) is 51.8 Å². The van der Waals surface area contributed by atoms with E-state index in [0.29, 0.717) is 23.1 Å². The Morgan fingerprint density at radius 2 is 1.85 bits per heavy atom. The maximum Gasteiger partial charge on any atom is 0.251 e. The summed E-state index contributed by atoms with van der Waals surface area (Å²) in [6.07, 6.45) is 0. The second-order valence-corrected chi connectivity index (χ2v) is 8.39. The molecule has 2 aromatic rings. The van der Waals surface area contributed by atoms with Gasteiger partial charge in [0.15, 0.2) is 0 Å². The van der Waals surface area contributed by atoms with Crippen molar-refractivity contribution in [3.8, 4) is 0 Å². The van der Waals surface area contributed by atoms with Gasteiger partial charge in [-0.2, -0.15) is 4.31 Å². The number of rotatable bonds is 7. The Hall–Kier alpha value is -1.77. The lowest BCUT2D eigenvalue weighted by atomic mass is 10.2. The fourth-order valence-electron chi connectivity index (χ4n) is 2.47. The van der Waals surface area contributed by atoms with Gasteiger partial charge in [-0.05, 0) is 36.4 Å². The van der Waals surface area contributed by atoms with E-state index in [9.17, 15) is 17.6 Å². The van der Waals surface area contributed by atoms with Crippen LogP contribution in [0, 0.1) is 5.82 Å². The first-order valence-corrected chi connectivity index (χ1v) is 10.3. The monoisotopic (exact) mass is 442 g/mol. The molecule has 0 aliphatic carbocycles. The van der Waals surface area contributed by atoms with Crippen molar-refractivity contribution in [2.24, 2.45) is 0 Å². The van der Waals surface area contributed by atoms with Gasteiger partial charge >= 0.3 is 0 Å². The molecule has 0 aliphatic heterocycles. The normalized spacial score (nSPS) is 11.6. The average molecular weight is 443 g/mol. The second-order valence-electron chi connectivity index (χ2n) is 5.54. The first-order chi connectivity index (χ1) is 12.3. The summed E-state index contributed by atoms with van der Waals surface area (Å²) in [5, 5.41) is 2.61. The molecule has 0 heterocycles. The molecule has 140 valence electrons. The zero-order chi connectivity index (χ0) is 19.3. The quantitative estimate of drug-likeness (QED) is 0.712. The van der Waals surface area contributed by atoms with Gasteiger partial charge in [0, 0.05) is 35.2 Å². The van der Waals surface area contributed by atoms with Crippen molar-refractivity contribution in [3.05, 3.63) is 63.9 Å². The van der Waals surface area contributed by atoms with E-state index in [4.69, 9.17) is 0 Å². The van der Waals surface area contributed by atoms with E-state index in [2.05, 4.69) is 21.2 Å². The molecular weight excluding hydrogens is 423 g/mol. The molecule has 0 atom stereocenters. The SMILES string of the molecule is CCN(CC)S(=O)(=O)c1cccc(C(=O)NCc2cc(Br)ccc2F)c1. The van der Waals surface area contributed by atoms with Gasteiger partial charge in [0.2, 0.25) is 10.0 Å². The van der Waals surface area contributed by atoms with Crippen molar-refractivity contribution in [2.75, 3.05) is 13.1 Å². The van der Waals surface area contributed by atoms with Gasteiger partial charge in [-0.1, -0.05) is 35.8 Å². The standard InChI is InChI=1S/C18H20BrFN2O3S/c1-3-22(4-2)26(24,25)16-7-5-6-13(11-16)18(23)21-12-14-10-15(19)8-9-17(14)20/h5-11H,3-4,12H2,1-2H3,(H,21,23). The number of sulfonamides is 1. The predicted octanol–water partition coefficient (Wildman–Crippen LogP) is 3.55. The van der Waals surface area contributed by atoms with Gasteiger partial charge < -0.3 is 5.32 Å². The van der Waals surface area contributed by atoms with Crippen molar-refractivity contribution in [3.63, 3.8) is 0 Å². The highest BCUT2D eigenvalue weighted by Gasteiger charge is 2.22. The molecule has 26 heavy (non-hydrogen) atoms. The molecule has 0 radical (unpaired) electrons. The van der Waals surface area contributed by atoms with Crippen LogP contribution in [0.3, 0.4) is 0 Å². The molecule has 1 N–H and O–H groups in total. The minimum Gasteiger partial charge on any atom is -0.348 e. The maximum atomic E-state index is 13.8. The Bertz CT molecular complexity index is 899. The molecule has 0 saturated carbocycles. The smallest absolute Gasteiger partial charge is 0.251 e. The van der Waals surface area contributed by atoms with E-state index < -0.39 is 21.7 Å². The predicted molar refractivity (Wildman–Crippen MR) is 102 cm³/mol. The van der Waals surface area contributed by atoms with Crippen LogP contribution in [0.25, 0.3) is 0 Å². The molecule has 0 unspecified atom stereocenters. The molecule has 0 aliphatic rings. The van der Waals surface area contributed by atoms with Crippen LogP contribution in [0.4, 0.5) is 4.39 Å². The summed E-state index contributed by atoms with van der Waals surface area (Å²) in [5.74, 6) is -0.896. The van der Waals surface area contributed by atoms with E-state index in [0.717, 1.165) is 0 Å². The lowest BCUT2D eigenvalue weighted by molar-refractivity contribution is 0.0950. The highest BCUT2D eigenvalue weighted by molar-refractivity contribution is 9.10. The number of benzene rings is 2. The van der Waals surface area contributed by atoms with E-state index in [-0.39, 0.29) is 17.0 Å². The molecule has 0 aromatic heterocycles. The summed E-state index contributed by atoms with van der Waals surface area (Å²) in [4.78, 5) is 12.4. The number of nitrogens with zero attached hydrogens (tertiary/aromatic N) is 1. The Balaban J connectivity index is 2.19. The van der Waals surface area contributed by atoms with Crippen molar-refractivity contribution < 1.29 is 17.6 Å². The topological polar surface area (TPSA) is 66.5 Å². The third-order valence-electron chi connectivity index (χ3n) is 3.89. The van der Waals surface area contributed by atoms with Gasteiger partial charge in [-0.15, -0.1) is 0 Å². The third kappa shape index (κ3) is 4.69. The van der Waals surface area contributed by atoms with Crippen molar-refractivity contribution in [1.29, 1.82) is 0 Å². The largest absolute Gasteiger partial charge is 0.348 e. The van der Waals surface area contributed by atoms with E-state index in [1.807, 2.05) is 0 Å². The van der Waals surface area contributed by atoms with Gasteiger partial charge in [0.25, 0.3) is 5.91 Å². The van der Waals surface area contributed by atoms with Crippen LogP contribution in [-0.4, -0.2) is 31.7 Å². The van der Waals surface area contributed by atoms with Crippen molar-refractivity contribution in [1.82, 2.24) is 9.62 Å². The lowest BCUT2D eigenvalue weighted by Crippen LogP contribution is -2.31. The number of amides is 1. The van der Waals surface area contributed by atoms with Gasteiger partial charge in [0.1, 0.15) is 5.82 Å². The zero-order valence-electron chi connectivity index (χ0n) is 14.5. The number of hydrogen-bond donors (Lipinski definition) is 1. The van der Waals surface area contributed by atoms with Gasteiger partial charge in [-0.25, -0.2) is 12.8 Å². The van der Waals surface area contributed by atoms with Crippen LogP contribution in [0.5, 0.6) is 0 Å². The van der Waals surface area contributed by atoms with E-state index >= 15 is 0 Å². The van der Waals surface area contributed by atoms with Crippen LogP contribution < -0.4 is 5.32 Å². The van der Waals surface area contributed by atoms with Crippen molar-refractivity contribution >= 4 is 31.9 Å². The third-order valence-corrected chi connectivity index (χ3v) is 6.43. The summed E-state index contributed by atoms with van der Waals surface area (Å²) in [5.41, 5.74) is 0.535. The summed E-state index contributed by atoms with van der Waals surface area (Å²) >= 11 is 3.26. The summed E-state index contributed by atoms with van der Waals surface area (Å²) in [7, 11) is -3.65. The molecule has 1 amide bonds. The molecule has 0 spiro atoms. The summed E-state index contributed by atoms with van der Waals surface area (Å²) in [6.45, 7) is 4.19. The highest BCUT2D eigenvalue weighted by Crippen LogP contribution is 2.18. The number of carbonyl (C=O) groups is 1. The fourth-order valence-corrected chi connectivity index (χ4v) is 4.38. The Morgan fingerprint density at radius 3 is 2.50 bits per heavy atom. The maximum absolute atomic E-state index is 13.8. The Kier molecular flexibility index (Phi) is 6.91. The van der Waals surface area contributed by atoms with E-state index in [1.54, 1.807) is 26.0 Å². The van der Waals surface area contributed by atoms with Crippen LogP contribution in [0.1, 0.15) is 29.8 Å². The van der Waals surface area contributed by atoms with E-state index in [1.165, 1.54) is 34.6 Å². The van der Waals surface area contributed by atoms with Gasteiger partial charge in [-0.3, -0.25) is 4.79 Å². The fraction of sp³-hybridized carbons (Fsp3) is 0.278. The number of halogens is 2. The average Bonchev–Trinajstić information content (AvgIpc) is 2.63. The summed E-state index contributed by atoms with van der Waals surface area (Å²) in [6, 6.07) is 10.3. The molecule has 0 saturated heterocycles. The minimum absolute atomic E-state index is 0.00285. The van der Waals surface area contributed by atoms with Crippen molar-refractivity contribution in [2.45, 2.75) is 25.3 Å². The number of nitrogens with one attached hydrogen (secondary N) is 1. The second kappa shape index (κ2) is 8.75. The molecular formula is C18H20BrFN2O3S. The van der Waals surface area contributed by atoms with Crippen LogP contribution >= 0.6 is 15.9 Å². The molecule has 2 rings (SSSR count). The molecule has 8 heteroatoms. The number of carbonyl (C=O) groups excluding carboxylic acids is 1.